The number of hydrogen-bond donors (Lipinski definition) is 2. The molecule has 1 aromatic heterocycles. The molecule has 0 aliphatic carbocycles. The second-order valence-corrected chi connectivity index (χ2v) is 8.47. The van der Waals surface area contributed by atoms with Gasteiger partial charge in [0, 0.05) is 15.8 Å². The van der Waals surface area contributed by atoms with Gasteiger partial charge in [-0.1, -0.05) is 35.4 Å². The molecular formula is C21H21ClN2O2S2. The van der Waals surface area contributed by atoms with E-state index >= 15 is 0 Å². The molecule has 7 heteroatoms. The molecule has 0 amide bonds. The topological polar surface area (TPSA) is 50.4 Å². The van der Waals surface area contributed by atoms with Gasteiger partial charge in [-0.25, -0.2) is 4.79 Å². The second kappa shape index (κ2) is 8.47. The second-order valence-electron chi connectivity index (χ2n) is 6.63. The third kappa shape index (κ3) is 4.29. The molecule has 0 spiro atoms. The van der Waals surface area contributed by atoms with Crippen molar-refractivity contribution in [2.24, 2.45) is 0 Å². The third-order valence-electron chi connectivity index (χ3n) is 4.50. The number of benzene rings is 2. The van der Waals surface area contributed by atoms with Crippen LogP contribution in [0.4, 0.5) is 5.69 Å². The molecule has 0 fully saturated rings. The zero-order chi connectivity index (χ0) is 20.4. The van der Waals surface area contributed by atoms with Gasteiger partial charge in [0.15, 0.2) is 5.11 Å². The fraction of sp³-hybridized carbons (Fsp3) is 0.238. The third-order valence-corrected chi connectivity index (χ3v) is 6.35. The Balaban J connectivity index is 1.74. The number of ether oxygens (including phenoxy) is 1. The summed E-state index contributed by atoms with van der Waals surface area (Å²) >= 11 is 13.1. The Morgan fingerprint density at radius 2 is 1.96 bits per heavy atom. The monoisotopic (exact) mass is 432 g/mol. The highest BCUT2D eigenvalue weighted by Crippen LogP contribution is 2.37. The lowest BCUT2D eigenvalue weighted by molar-refractivity contribution is 0.0606. The molecule has 3 rings (SSSR count). The quantitative estimate of drug-likeness (QED) is 0.390. The predicted molar refractivity (Wildman–Crippen MR) is 122 cm³/mol. The first-order chi connectivity index (χ1) is 13.3. The number of methoxy groups -OCH3 is 1. The summed E-state index contributed by atoms with van der Waals surface area (Å²) in [5.41, 5.74) is 4.50. The average molecular weight is 433 g/mol. The van der Waals surface area contributed by atoms with Crippen LogP contribution in [0.3, 0.4) is 0 Å². The number of halogens is 1. The van der Waals surface area contributed by atoms with Crippen molar-refractivity contribution in [3.8, 4) is 0 Å². The van der Waals surface area contributed by atoms with Crippen LogP contribution < -0.4 is 10.6 Å². The van der Waals surface area contributed by atoms with E-state index in [1.807, 2.05) is 18.2 Å². The van der Waals surface area contributed by atoms with Gasteiger partial charge in [0.2, 0.25) is 0 Å². The van der Waals surface area contributed by atoms with E-state index in [-0.39, 0.29) is 6.04 Å². The summed E-state index contributed by atoms with van der Waals surface area (Å²) in [7, 11) is 1.34. The van der Waals surface area contributed by atoms with Crippen molar-refractivity contribution in [2.45, 2.75) is 26.8 Å². The highest BCUT2D eigenvalue weighted by atomic mass is 35.5. The Labute approximate surface area is 178 Å². The minimum absolute atomic E-state index is 0.0754. The van der Waals surface area contributed by atoms with E-state index in [0.717, 1.165) is 15.8 Å². The van der Waals surface area contributed by atoms with Gasteiger partial charge < -0.3 is 15.4 Å². The van der Waals surface area contributed by atoms with Crippen molar-refractivity contribution >= 4 is 62.0 Å². The Morgan fingerprint density at radius 3 is 2.64 bits per heavy atom. The van der Waals surface area contributed by atoms with Crippen molar-refractivity contribution in [1.29, 1.82) is 0 Å². The van der Waals surface area contributed by atoms with E-state index in [4.69, 9.17) is 28.6 Å². The minimum Gasteiger partial charge on any atom is -0.465 e. The number of anilines is 1. The summed E-state index contributed by atoms with van der Waals surface area (Å²) in [6.07, 6.45) is 0. The maximum absolute atomic E-state index is 11.8. The summed E-state index contributed by atoms with van der Waals surface area (Å²) in [6, 6.07) is 12.2. The van der Waals surface area contributed by atoms with Gasteiger partial charge in [-0.2, -0.15) is 0 Å². The lowest BCUT2D eigenvalue weighted by Crippen LogP contribution is -2.31. The van der Waals surface area contributed by atoms with E-state index in [0.29, 0.717) is 15.0 Å². The molecule has 3 aromatic rings. The number of aryl methyl sites for hydroxylation is 2. The highest BCUT2D eigenvalue weighted by molar-refractivity contribution is 7.80. The Kier molecular flexibility index (Phi) is 6.23. The molecule has 0 radical (unpaired) electrons. The van der Waals surface area contributed by atoms with Gasteiger partial charge in [0.25, 0.3) is 0 Å². The summed E-state index contributed by atoms with van der Waals surface area (Å²) in [4.78, 5) is 12.2. The minimum atomic E-state index is -0.430. The first-order valence-corrected chi connectivity index (χ1v) is 10.4. The lowest BCUT2D eigenvalue weighted by Gasteiger charge is -2.19. The number of thiocarbonyl (C=S) groups is 1. The number of esters is 1. The highest BCUT2D eigenvalue weighted by Gasteiger charge is 2.18. The molecule has 2 aromatic carbocycles. The van der Waals surface area contributed by atoms with Crippen molar-refractivity contribution in [3.63, 3.8) is 0 Å². The van der Waals surface area contributed by atoms with Crippen molar-refractivity contribution in [1.82, 2.24) is 5.32 Å². The van der Waals surface area contributed by atoms with Crippen LogP contribution >= 0.6 is 35.2 Å². The molecule has 0 saturated heterocycles. The summed E-state index contributed by atoms with van der Waals surface area (Å²) in [5, 5.41) is 8.29. The molecule has 4 nitrogen and oxygen atoms in total. The molecular weight excluding hydrogens is 412 g/mol. The molecule has 0 aliphatic rings. The van der Waals surface area contributed by atoms with Crippen LogP contribution in [-0.4, -0.2) is 18.2 Å². The SMILES string of the molecule is COC(=O)c1sc2cc(NC(=S)NC(C)c3ccc(C)cc3C)ccc2c1Cl. The Bertz CT molecular complexity index is 1060. The van der Waals surface area contributed by atoms with Crippen LogP contribution in [0.25, 0.3) is 10.1 Å². The largest absolute Gasteiger partial charge is 0.465 e. The standard InChI is InChI=1S/C21H21ClN2O2S2/c1-11-5-7-15(12(2)9-11)13(3)23-21(27)24-14-6-8-16-17(10-14)28-19(18(16)22)20(25)26-4/h5-10,13H,1-4H3,(H2,23,24,27). The van der Waals surface area contributed by atoms with Crippen molar-refractivity contribution in [3.05, 3.63) is 63.0 Å². The maximum Gasteiger partial charge on any atom is 0.349 e. The molecule has 0 aliphatic heterocycles. The summed E-state index contributed by atoms with van der Waals surface area (Å²) in [5.74, 6) is -0.430. The van der Waals surface area contributed by atoms with Gasteiger partial charge >= 0.3 is 5.97 Å². The number of fused-ring (bicyclic) bond motifs is 1. The van der Waals surface area contributed by atoms with E-state index in [1.165, 1.54) is 35.1 Å². The van der Waals surface area contributed by atoms with Crippen LogP contribution in [0.5, 0.6) is 0 Å². The van der Waals surface area contributed by atoms with Crippen LogP contribution in [0.2, 0.25) is 5.02 Å². The van der Waals surface area contributed by atoms with Gasteiger partial charge in [0.05, 0.1) is 18.2 Å². The molecule has 146 valence electrons. The van der Waals surface area contributed by atoms with E-state index < -0.39 is 5.97 Å². The van der Waals surface area contributed by atoms with Crippen LogP contribution in [0.1, 0.15) is 39.3 Å². The fourth-order valence-electron chi connectivity index (χ4n) is 3.12. The zero-order valence-electron chi connectivity index (χ0n) is 16.1. The maximum atomic E-state index is 11.8. The van der Waals surface area contributed by atoms with E-state index in [2.05, 4.69) is 49.6 Å². The molecule has 2 N–H and O–H groups in total. The average Bonchev–Trinajstić information content (AvgIpc) is 2.96. The number of nitrogens with one attached hydrogen (secondary N) is 2. The number of rotatable bonds is 4. The summed E-state index contributed by atoms with van der Waals surface area (Å²) in [6.45, 7) is 6.26. The predicted octanol–water partition coefficient (Wildman–Crippen LogP) is 6.01. The first-order valence-electron chi connectivity index (χ1n) is 8.75. The molecule has 1 atom stereocenters. The zero-order valence-corrected chi connectivity index (χ0v) is 18.4. The van der Waals surface area contributed by atoms with Gasteiger partial charge in [-0.15, -0.1) is 11.3 Å². The smallest absolute Gasteiger partial charge is 0.349 e. The molecule has 0 bridgehead atoms. The van der Waals surface area contributed by atoms with E-state index in [9.17, 15) is 4.79 Å². The normalized spacial score (nSPS) is 11.9. The molecule has 1 heterocycles. The van der Waals surface area contributed by atoms with Crippen LogP contribution in [-0.2, 0) is 4.74 Å². The molecule has 1 unspecified atom stereocenters. The van der Waals surface area contributed by atoms with Crippen LogP contribution in [0, 0.1) is 13.8 Å². The van der Waals surface area contributed by atoms with Gasteiger partial charge in [-0.05, 0) is 62.3 Å². The van der Waals surface area contributed by atoms with E-state index in [1.54, 1.807) is 0 Å². The van der Waals surface area contributed by atoms with Crippen molar-refractivity contribution in [2.75, 3.05) is 12.4 Å². The van der Waals surface area contributed by atoms with Gasteiger partial charge in [-0.3, -0.25) is 0 Å². The Morgan fingerprint density at radius 1 is 1.21 bits per heavy atom. The number of thiophene rings is 1. The number of carbonyl (C=O) groups is 1. The van der Waals surface area contributed by atoms with Crippen LogP contribution in [0.15, 0.2) is 36.4 Å². The first kappa shape index (κ1) is 20.6. The van der Waals surface area contributed by atoms with Gasteiger partial charge in [0.1, 0.15) is 4.88 Å². The number of carbonyl (C=O) groups excluding carboxylic acids is 1. The Hall–Kier alpha value is -2.15. The molecule has 0 saturated carbocycles. The van der Waals surface area contributed by atoms with Crippen molar-refractivity contribution < 1.29 is 9.53 Å². The fourth-order valence-corrected chi connectivity index (χ4v) is 4.88. The molecule has 28 heavy (non-hydrogen) atoms. The number of hydrogen-bond acceptors (Lipinski definition) is 4. The lowest BCUT2D eigenvalue weighted by atomic mass is 10.0. The summed E-state index contributed by atoms with van der Waals surface area (Å²) < 4.78 is 5.67.